The van der Waals surface area contributed by atoms with Gasteiger partial charge in [-0.1, -0.05) is 84.9 Å². The van der Waals surface area contributed by atoms with E-state index in [0.717, 1.165) is 33.3 Å². The average Bonchev–Trinajstić information content (AvgIpc) is 3.53. The zero-order valence-electron chi connectivity index (χ0n) is 19.9. The van der Waals surface area contributed by atoms with Crippen LogP contribution < -0.4 is 4.90 Å². The topological polar surface area (TPSA) is 16.4 Å². The quantitative estimate of drug-likeness (QED) is 0.244. The van der Waals surface area contributed by atoms with Gasteiger partial charge in [-0.2, -0.15) is 0 Å². The first-order valence-electron chi connectivity index (χ1n) is 12.4. The summed E-state index contributed by atoms with van der Waals surface area (Å²) in [5.41, 5.74) is 5.24. The highest BCUT2D eigenvalue weighted by Crippen LogP contribution is 2.47. The van der Waals surface area contributed by atoms with Crippen molar-refractivity contribution in [1.82, 2.24) is 0 Å². The van der Waals surface area contributed by atoms with E-state index in [0.29, 0.717) is 0 Å². The summed E-state index contributed by atoms with van der Waals surface area (Å²) in [5, 5.41) is 7.45. The molecule has 0 unspecified atom stereocenters. The molecule has 0 N–H and O–H groups in total. The number of thiophene rings is 1. The van der Waals surface area contributed by atoms with E-state index < -0.39 is 0 Å². The fourth-order valence-electron chi connectivity index (χ4n) is 5.54. The van der Waals surface area contributed by atoms with Crippen LogP contribution in [0.1, 0.15) is 0 Å². The number of hydrogen-bond donors (Lipinski definition) is 0. The van der Waals surface area contributed by atoms with Crippen LogP contribution in [0.2, 0.25) is 0 Å². The zero-order valence-corrected chi connectivity index (χ0v) is 20.7. The molecular formula is C34H21NOS. The second-order valence-electron chi connectivity index (χ2n) is 9.37. The minimum atomic E-state index is 0.907. The first kappa shape index (κ1) is 20.6. The Morgan fingerprint density at radius 1 is 0.459 bits per heavy atom. The molecule has 2 nitrogen and oxygen atoms in total. The molecular weight excluding hydrogens is 470 g/mol. The van der Waals surface area contributed by atoms with Crippen LogP contribution in [0.4, 0.5) is 17.1 Å². The Bertz CT molecular complexity index is 2100. The van der Waals surface area contributed by atoms with Gasteiger partial charge in [-0.25, -0.2) is 0 Å². The van der Waals surface area contributed by atoms with Crippen LogP contribution >= 0.6 is 11.3 Å². The monoisotopic (exact) mass is 491 g/mol. The Balaban J connectivity index is 1.43. The highest BCUT2D eigenvalue weighted by atomic mass is 32.1. The molecule has 0 radical (unpaired) electrons. The summed E-state index contributed by atoms with van der Waals surface area (Å²) >= 11 is 1.88. The number of fused-ring (bicyclic) bond motifs is 8. The summed E-state index contributed by atoms with van der Waals surface area (Å²) in [6, 6.07) is 45.3. The number of hydrogen-bond acceptors (Lipinski definition) is 3. The maximum absolute atomic E-state index is 6.13. The third kappa shape index (κ3) is 3.11. The van der Waals surface area contributed by atoms with Crippen molar-refractivity contribution in [2.45, 2.75) is 0 Å². The molecule has 174 valence electrons. The van der Waals surface area contributed by atoms with Crippen molar-refractivity contribution in [3.63, 3.8) is 0 Å². The van der Waals surface area contributed by atoms with Gasteiger partial charge in [-0.3, -0.25) is 0 Å². The van der Waals surface area contributed by atoms with Crippen LogP contribution in [0.5, 0.6) is 0 Å². The van der Waals surface area contributed by atoms with E-state index in [1.165, 1.54) is 36.6 Å². The first-order chi connectivity index (χ1) is 18.3. The number of furan rings is 1. The van der Waals surface area contributed by atoms with Gasteiger partial charge in [0.25, 0.3) is 0 Å². The van der Waals surface area contributed by atoms with Gasteiger partial charge in [0.05, 0.1) is 10.4 Å². The molecule has 37 heavy (non-hydrogen) atoms. The second-order valence-corrected chi connectivity index (χ2v) is 10.4. The number of para-hydroxylation sites is 2. The van der Waals surface area contributed by atoms with Crippen LogP contribution in [0, 0.1) is 0 Å². The lowest BCUT2D eigenvalue weighted by Gasteiger charge is -2.26. The van der Waals surface area contributed by atoms with Crippen molar-refractivity contribution in [3.05, 3.63) is 127 Å². The highest BCUT2D eigenvalue weighted by Gasteiger charge is 2.19. The molecule has 8 aromatic rings. The van der Waals surface area contributed by atoms with E-state index in [1.54, 1.807) is 0 Å². The SMILES string of the molecule is c1ccc(N(c2ccc3oc4ccccc4c3c2)c2cccc3c2sc2c4ccccc4ccc32)cc1. The molecule has 3 heteroatoms. The van der Waals surface area contributed by atoms with E-state index in [-0.39, 0.29) is 0 Å². The molecule has 0 amide bonds. The summed E-state index contributed by atoms with van der Waals surface area (Å²) in [4.78, 5) is 2.38. The zero-order chi connectivity index (χ0) is 24.3. The van der Waals surface area contributed by atoms with Crippen LogP contribution in [-0.2, 0) is 0 Å². The van der Waals surface area contributed by atoms with Crippen molar-refractivity contribution >= 4 is 81.3 Å². The maximum atomic E-state index is 6.13. The summed E-state index contributed by atoms with van der Waals surface area (Å²) < 4.78 is 8.76. The van der Waals surface area contributed by atoms with E-state index in [9.17, 15) is 0 Å². The lowest BCUT2D eigenvalue weighted by atomic mass is 10.1. The van der Waals surface area contributed by atoms with Gasteiger partial charge in [-0.05, 0) is 53.2 Å². The number of benzene rings is 6. The minimum Gasteiger partial charge on any atom is -0.456 e. The fraction of sp³-hybridized carbons (Fsp3) is 0. The Hall–Kier alpha value is -4.60. The molecule has 0 atom stereocenters. The van der Waals surface area contributed by atoms with Crippen LogP contribution in [-0.4, -0.2) is 0 Å². The molecule has 0 fully saturated rings. The predicted molar refractivity (Wildman–Crippen MR) is 159 cm³/mol. The Labute approximate surface area is 217 Å². The Morgan fingerprint density at radius 2 is 1.19 bits per heavy atom. The van der Waals surface area contributed by atoms with E-state index in [2.05, 4.69) is 120 Å². The number of nitrogens with zero attached hydrogens (tertiary/aromatic N) is 1. The molecule has 2 aromatic heterocycles. The molecule has 0 spiro atoms. The van der Waals surface area contributed by atoms with Gasteiger partial charge < -0.3 is 9.32 Å². The van der Waals surface area contributed by atoms with E-state index >= 15 is 0 Å². The Kier molecular flexibility index (Phi) is 4.42. The third-order valence-corrected chi connectivity index (χ3v) is 8.52. The number of anilines is 3. The van der Waals surface area contributed by atoms with Crippen molar-refractivity contribution < 1.29 is 4.42 Å². The molecule has 8 rings (SSSR count). The second kappa shape index (κ2) is 7.95. The van der Waals surface area contributed by atoms with Crippen molar-refractivity contribution in [2.75, 3.05) is 4.90 Å². The molecule has 0 aliphatic rings. The van der Waals surface area contributed by atoms with Crippen LogP contribution in [0.3, 0.4) is 0 Å². The average molecular weight is 492 g/mol. The molecule has 6 aromatic carbocycles. The third-order valence-electron chi connectivity index (χ3n) is 7.24. The molecule has 0 saturated carbocycles. The summed E-state index contributed by atoms with van der Waals surface area (Å²) in [6.07, 6.45) is 0. The largest absolute Gasteiger partial charge is 0.456 e. The van der Waals surface area contributed by atoms with Crippen LogP contribution in [0.25, 0.3) is 52.9 Å². The van der Waals surface area contributed by atoms with Gasteiger partial charge >= 0.3 is 0 Å². The molecule has 2 heterocycles. The summed E-state index contributed by atoms with van der Waals surface area (Å²) in [7, 11) is 0. The van der Waals surface area contributed by atoms with Gasteiger partial charge in [0, 0.05) is 37.6 Å². The minimum absolute atomic E-state index is 0.907. The van der Waals surface area contributed by atoms with Crippen LogP contribution in [0.15, 0.2) is 132 Å². The normalized spacial score (nSPS) is 11.8. The summed E-state index contributed by atoms with van der Waals surface area (Å²) in [6.45, 7) is 0. The van der Waals surface area contributed by atoms with Gasteiger partial charge in [0.15, 0.2) is 0 Å². The standard InChI is InChI=1S/C34H21NOS/c1-2-10-23(11-3-1)35(24-18-20-32-29(21-24)26-13-6-7-16-31(26)36-32)30-15-8-14-27-28-19-17-22-9-4-5-12-25(22)33(28)37-34(27)30/h1-21H. The van der Waals surface area contributed by atoms with Gasteiger partial charge in [0.2, 0.25) is 0 Å². The van der Waals surface area contributed by atoms with Crippen molar-refractivity contribution in [3.8, 4) is 0 Å². The fourth-order valence-corrected chi connectivity index (χ4v) is 6.88. The molecule has 0 bridgehead atoms. The van der Waals surface area contributed by atoms with Gasteiger partial charge in [-0.15, -0.1) is 11.3 Å². The highest BCUT2D eigenvalue weighted by molar-refractivity contribution is 7.27. The molecule has 0 aliphatic heterocycles. The summed E-state index contributed by atoms with van der Waals surface area (Å²) in [5.74, 6) is 0. The predicted octanol–water partition coefficient (Wildman–Crippen LogP) is 10.6. The van der Waals surface area contributed by atoms with Crippen molar-refractivity contribution in [2.24, 2.45) is 0 Å². The lowest BCUT2D eigenvalue weighted by Crippen LogP contribution is -2.09. The maximum Gasteiger partial charge on any atom is 0.135 e. The first-order valence-corrected chi connectivity index (χ1v) is 13.3. The van der Waals surface area contributed by atoms with Crippen molar-refractivity contribution in [1.29, 1.82) is 0 Å². The van der Waals surface area contributed by atoms with E-state index in [4.69, 9.17) is 4.42 Å². The Morgan fingerprint density at radius 3 is 2.11 bits per heavy atom. The smallest absolute Gasteiger partial charge is 0.135 e. The van der Waals surface area contributed by atoms with E-state index in [1.807, 2.05) is 23.5 Å². The molecule has 0 aliphatic carbocycles. The molecule has 0 saturated heterocycles. The number of rotatable bonds is 3. The lowest BCUT2D eigenvalue weighted by molar-refractivity contribution is 0.669. The van der Waals surface area contributed by atoms with Gasteiger partial charge in [0.1, 0.15) is 11.2 Å².